The molecule has 0 aromatic rings. The minimum atomic E-state index is -0.582. The van der Waals surface area contributed by atoms with Gasteiger partial charge in [-0.05, 0) is 26.2 Å². The molecule has 0 aromatic carbocycles. The van der Waals surface area contributed by atoms with E-state index in [1.165, 1.54) is 0 Å². The lowest BCUT2D eigenvalue weighted by atomic mass is 10.0. The van der Waals surface area contributed by atoms with Gasteiger partial charge in [-0.3, -0.25) is 14.4 Å². The molecule has 0 spiro atoms. The maximum atomic E-state index is 12.5. The summed E-state index contributed by atoms with van der Waals surface area (Å²) in [5.74, 6) is -0.316. The first-order valence-corrected chi connectivity index (χ1v) is 8.51. The number of nitrogens with zero attached hydrogens (tertiary/aromatic N) is 2. The summed E-state index contributed by atoms with van der Waals surface area (Å²) in [5.41, 5.74) is 0. The second-order valence-electron chi connectivity index (χ2n) is 6.12. The van der Waals surface area contributed by atoms with E-state index in [-0.39, 0.29) is 17.7 Å². The zero-order chi connectivity index (χ0) is 16.8. The molecule has 7 nitrogen and oxygen atoms in total. The van der Waals surface area contributed by atoms with Crippen LogP contribution in [-0.2, 0) is 19.1 Å². The molecule has 23 heavy (non-hydrogen) atoms. The fourth-order valence-electron chi connectivity index (χ4n) is 3.13. The highest BCUT2D eigenvalue weighted by atomic mass is 16.5. The van der Waals surface area contributed by atoms with E-state index in [0.29, 0.717) is 45.7 Å². The highest BCUT2D eigenvalue weighted by Crippen LogP contribution is 2.18. The molecule has 2 saturated heterocycles. The molecule has 0 bridgehead atoms. The van der Waals surface area contributed by atoms with Gasteiger partial charge in [0.05, 0.1) is 13.2 Å². The molecule has 0 aromatic heterocycles. The molecule has 0 radical (unpaired) electrons. The Hall–Kier alpha value is -1.63. The van der Waals surface area contributed by atoms with Gasteiger partial charge in [0.25, 0.3) is 0 Å². The topological polar surface area (TPSA) is 79.0 Å². The third-order valence-electron chi connectivity index (χ3n) is 4.48. The van der Waals surface area contributed by atoms with Gasteiger partial charge < -0.3 is 19.9 Å². The van der Waals surface area contributed by atoms with Crippen molar-refractivity contribution in [1.29, 1.82) is 0 Å². The third kappa shape index (κ3) is 4.43. The summed E-state index contributed by atoms with van der Waals surface area (Å²) in [6.45, 7) is 6.31. The van der Waals surface area contributed by atoms with Crippen molar-refractivity contribution >= 4 is 17.7 Å². The normalized spacial score (nSPS) is 23.3. The molecular weight excluding hydrogens is 298 g/mol. The first-order chi connectivity index (χ1) is 11.0. The number of nitrogens with one attached hydrogen (secondary N) is 1. The summed E-state index contributed by atoms with van der Waals surface area (Å²) >= 11 is 0. The molecule has 0 aliphatic carbocycles. The van der Waals surface area contributed by atoms with Crippen molar-refractivity contribution < 1.29 is 19.1 Å². The van der Waals surface area contributed by atoms with E-state index in [1.54, 1.807) is 23.6 Å². The van der Waals surface area contributed by atoms with Gasteiger partial charge in [0.2, 0.25) is 17.7 Å². The van der Waals surface area contributed by atoms with Crippen molar-refractivity contribution in [2.75, 3.05) is 32.8 Å². The van der Waals surface area contributed by atoms with Crippen molar-refractivity contribution in [3.05, 3.63) is 0 Å². The Kier molecular flexibility index (Phi) is 6.38. The van der Waals surface area contributed by atoms with Crippen LogP contribution < -0.4 is 5.32 Å². The van der Waals surface area contributed by atoms with Crippen LogP contribution in [0.25, 0.3) is 0 Å². The summed E-state index contributed by atoms with van der Waals surface area (Å²) < 4.78 is 5.23. The van der Waals surface area contributed by atoms with E-state index in [1.807, 2.05) is 0 Å². The third-order valence-corrected chi connectivity index (χ3v) is 4.48. The van der Waals surface area contributed by atoms with Gasteiger partial charge in [0, 0.05) is 26.1 Å². The molecule has 0 saturated carbocycles. The molecule has 2 unspecified atom stereocenters. The monoisotopic (exact) mass is 325 g/mol. The molecule has 2 rings (SSSR count). The first kappa shape index (κ1) is 17.7. The Morgan fingerprint density at radius 2 is 1.87 bits per heavy atom. The Bertz CT molecular complexity index is 449. The number of hydrogen-bond donors (Lipinski definition) is 1. The molecular formula is C16H27N3O4. The predicted molar refractivity (Wildman–Crippen MR) is 84.6 cm³/mol. The first-order valence-electron chi connectivity index (χ1n) is 8.51. The molecule has 7 heteroatoms. The van der Waals surface area contributed by atoms with Crippen LogP contribution in [0.2, 0.25) is 0 Å². The average molecular weight is 325 g/mol. The fourth-order valence-corrected chi connectivity index (χ4v) is 3.13. The van der Waals surface area contributed by atoms with E-state index in [9.17, 15) is 14.4 Å². The van der Waals surface area contributed by atoms with Gasteiger partial charge in [-0.2, -0.15) is 0 Å². The molecule has 1 N–H and O–H groups in total. The van der Waals surface area contributed by atoms with Crippen LogP contribution >= 0.6 is 0 Å². The molecule has 2 aliphatic heterocycles. The van der Waals surface area contributed by atoms with Gasteiger partial charge in [0.15, 0.2) is 0 Å². The largest absolute Gasteiger partial charge is 0.378 e. The van der Waals surface area contributed by atoms with Crippen LogP contribution in [-0.4, -0.2) is 72.5 Å². The lowest BCUT2D eigenvalue weighted by Crippen LogP contribution is -2.56. The maximum Gasteiger partial charge on any atom is 0.245 e. The van der Waals surface area contributed by atoms with Gasteiger partial charge in [0.1, 0.15) is 12.1 Å². The number of carbonyl (C=O) groups excluding carboxylic acids is 3. The summed E-state index contributed by atoms with van der Waals surface area (Å²) in [6.07, 6.45) is 2.91. The number of piperidine rings is 1. The number of ether oxygens (including phenoxy) is 1. The standard InChI is InChI=1S/C16H27N3O4/c1-3-14(20)19-7-5-4-6-13(19)15(21)17-12(2)16(22)18-8-10-23-11-9-18/h12-13H,3-11H2,1-2H3,(H,17,21). The van der Waals surface area contributed by atoms with Gasteiger partial charge >= 0.3 is 0 Å². The molecule has 2 aliphatic rings. The van der Waals surface area contributed by atoms with Gasteiger partial charge in [-0.15, -0.1) is 0 Å². The van der Waals surface area contributed by atoms with E-state index >= 15 is 0 Å². The molecule has 3 amide bonds. The number of likely N-dealkylation sites (tertiary alicyclic amines) is 1. The summed E-state index contributed by atoms with van der Waals surface area (Å²) in [5, 5.41) is 2.79. The van der Waals surface area contributed by atoms with Crippen LogP contribution in [0, 0.1) is 0 Å². The molecule has 130 valence electrons. The van der Waals surface area contributed by atoms with E-state index in [0.717, 1.165) is 12.8 Å². The van der Waals surface area contributed by atoms with Crippen LogP contribution in [0.15, 0.2) is 0 Å². The van der Waals surface area contributed by atoms with Crippen molar-refractivity contribution in [2.45, 2.75) is 51.6 Å². The summed E-state index contributed by atoms with van der Waals surface area (Å²) in [6, 6.07) is -1.03. The summed E-state index contributed by atoms with van der Waals surface area (Å²) in [4.78, 5) is 40.3. The second-order valence-corrected chi connectivity index (χ2v) is 6.12. The number of amides is 3. The van der Waals surface area contributed by atoms with Crippen molar-refractivity contribution in [3.63, 3.8) is 0 Å². The SMILES string of the molecule is CCC(=O)N1CCCCC1C(=O)NC(C)C(=O)N1CCOCC1. The van der Waals surface area contributed by atoms with E-state index < -0.39 is 12.1 Å². The fraction of sp³-hybridized carbons (Fsp3) is 0.812. The second kappa shape index (κ2) is 8.29. The Labute approximate surface area is 137 Å². The maximum absolute atomic E-state index is 12.5. The van der Waals surface area contributed by atoms with Gasteiger partial charge in [-0.25, -0.2) is 0 Å². The van der Waals surface area contributed by atoms with Crippen LogP contribution in [0.1, 0.15) is 39.5 Å². The predicted octanol–water partition coefficient (Wildman–Crippen LogP) is 0.141. The van der Waals surface area contributed by atoms with Crippen molar-refractivity contribution in [2.24, 2.45) is 0 Å². The lowest BCUT2D eigenvalue weighted by molar-refractivity contribution is -0.144. The number of morpholine rings is 1. The highest BCUT2D eigenvalue weighted by molar-refractivity contribution is 5.92. The minimum Gasteiger partial charge on any atom is -0.378 e. The number of hydrogen-bond acceptors (Lipinski definition) is 4. The number of carbonyl (C=O) groups is 3. The number of rotatable bonds is 4. The highest BCUT2D eigenvalue weighted by Gasteiger charge is 2.33. The smallest absolute Gasteiger partial charge is 0.245 e. The Balaban J connectivity index is 1.93. The zero-order valence-electron chi connectivity index (χ0n) is 14.0. The van der Waals surface area contributed by atoms with Crippen LogP contribution in [0.4, 0.5) is 0 Å². The average Bonchev–Trinajstić information content (AvgIpc) is 2.61. The Morgan fingerprint density at radius 1 is 1.17 bits per heavy atom. The van der Waals surface area contributed by atoms with E-state index in [4.69, 9.17) is 4.74 Å². The van der Waals surface area contributed by atoms with E-state index in [2.05, 4.69) is 5.32 Å². The molecule has 2 heterocycles. The molecule has 2 atom stereocenters. The lowest BCUT2D eigenvalue weighted by Gasteiger charge is -2.35. The molecule has 2 fully saturated rings. The minimum absolute atomic E-state index is 0.00277. The zero-order valence-corrected chi connectivity index (χ0v) is 14.0. The Morgan fingerprint density at radius 3 is 2.52 bits per heavy atom. The van der Waals surface area contributed by atoms with Crippen LogP contribution in [0.3, 0.4) is 0 Å². The quantitative estimate of drug-likeness (QED) is 0.797. The van der Waals surface area contributed by atoms with Crippen LogP contribution in [0.5, 0.6) is 0 Å². The van der Waals surface area contributed by atoms with Gasteiger partial charge in [-0.1, -0.05) is 6.92 Å². The van der Waals surface area contributed by atoms with Crippen molar-refractivity contribution in [1.82, 2.24) is 15.1 Å². The van der Waals surface area contributed by atoms with Crippen molar-refractivity contribution in [3.8, 4) is 0 Å². The summed E-state index contributed by atoms with van der Waals surface area (Å²) in [7, 11) is 0.